The summed E-state index contributed by atoms with van der Waals surface area (Å²) < 4.78 is -0.0619. The van der Waals surface area contributed by atoms with Gasteiger partial charge in [-0.25, -0.2) is 0 Å². The molecule has 0 aliphatic carbocycles. The predicted octanol–water partition coefficient (Wildman–Crippen LogP) is 1.50. The van der Waals surface area contributed by atoms with E-state index in [1.165, 1.54) is 23.3 Å². The molecule has 0 saturated carbocycles. The summed E-state index contributed by atoms with van der Waals surface area (Å²) in [4.78, 5) is 0. The minimum atomic E-state index is -0.331. The SMILES string of the molecule is C[Si](=[Zr+2])C(Cl)Cl. The van der Waals surface area contributed by atoms with Crippen molar-refractivity contribution in [2.45, 2.75) is 11.0 Å². The summed E-state index contributed by atoms with van der Waals surface area (Å²) in [6.45, 7) is 2.12. The Labute approximate surface area is 62.6 Å². The summed E-state index contributed by atoms with van der Waals surface area (Å²) in [7, 11) is 0. The standard InChI is InChI=1S/C2H4Cl2Si.Zr/c1-5-2(3)4;/h2H,1H3;/q;+2. The fourth-order valence-electron chi connectivity index (χ4n) is 0. The summed E-state index contributed by atoms with van der Waals surface area (Å²) in [5.41, 5.74) is -0.331. The molecule has 0 spiro atoms. The average molecular weight is 218 g/mol. The molecule has 32 valence electrons. The van der Waals surface area contributed by atoms with Crippen molar-refractivity contribution in [2.75, 3.05) is 0 Å². The van der Waals surface area contributed by atoms with Crippen LogP contribution in [-0.4, -0.2) is 9.89 Å². The summed E-state index contributed by atoms with van der Waals surface area (Å²) in [5.74, 6) is 0. The summed E-state index contributed by atoms with van der Waals surface area (Å²) in [6, 6.07) is 0. The van der Waals surface area contributed by atoms with Crippen LogP contribution in [0.25, 0.3) is 0 Å². The van der Waals surface area contributed by atoms with Crippen molar-refractivity contribution < 1.29 is 23.3 Å². The van der Waals surface area contributed by atoms with Crippen molar-refractivity contribution in [1.29, 1.82) is 0 Å². The maximum atomic E-state index is 5.45. The topological polar surface area (TPSA) is 0 Å². The van der Waals surface area contributed by atoms with Gasteiger partial charge in [-0.05, 0) is 0 Å². The molecule has 0 fully saturated rings. The van der Waals surface area contributed by atoms with Gasteiger partial charge in [-0.3, -0.25) is 0 Å². The summed E-state index contributed by atoms with van der Waals surface area (Å²) in [5, 5.41) is 0. The van der Waals surface area contributed by atoms with Crippen molar-refractivity contribution >= 4 is 28.6 Å². The Bertz CT molecular complexity index is 62.6. The normalized spacial score (nSPS) is 9.67. The third-order valence-electron chi connectivity index (χ3n) is 0.327. The van der Waals surface area contributed by atoms with Crippen molar-refractivity contribution in [2.24, 2.45) is 0 Å². The van der Waals surface area contributed by atoms with Gasteiger partial charge < -0.3 is 0 Å². The molecule has 0 rings (SSSR count). The van der Waals surface area contributed by atoms with E-state index in [2.05, 4.69) is 6.55 Å². The fraction of sp³-hybridized carbons (Fsp3) is 1.00. The minimum absolute atomic E-state index is 0.0619. The van der Waals surface area contributed by atoms with Gasteiger partial charge in [-0.15, -0.1) is 0 Å². The molecule has 0 heterocycles. The van der Waals surface area contributed by atoms with Crippen LogP contribution in [0.5, 0.6) is 0 Å². The number of alkyl halides is 2. The summed E-state index contributed by atoms with van der Waals surface area (Å²) in [6.07, 6.45) is 0. The van der Waals surface area contributed by atoms with Crippen LogP contribution in [0.15, 0.2) is 0 Å². The first-order valence-electron chi connectivity index (χ1n) is 1.48. The Balaban J connectivity index is 3.26. The van der Waals surface area contributed by atoms with Gasteiger partial charge in [0.25, 0.3) is 0 Å². The fourth-order valence-corrected chi connectivity index (χ4v) is 0. The second-order valence-corrected chi connectivity index (χ2v) is 10.6. The van der Waals surface area contributed by atoms with Crippen LogP contribution in [0.3, 0.4) is 0 Å². The number of hydrogen-bond donors (Lipinski definition) is 0. The molecule has 0 aromatic heterocycles. The molecule has 6 heavy (non-hydrogen) atoms. The molecule has 0 aliphatic rings. The zero-order valence-electron chi connectivity index (χ0n) is 3.33. The van der Waals surface area contributed by atoms with Crippen molar-refractivity contribution in [3.63, 3.8) is 0 Å². The third kappa shape index (κ3) is 3.86. The summed E-state index contributed by atoms with van der Waals surface area (Å²) >= 11 is 12.4. The molecule has 0 bridgehead atoms. The van der Waals surface area contributed by atoms with E-state index in [1.807, 2.05) is 0 Å². The van der Waals surface area contributed by atoms with E-state index in [9.17, 15) is 0 Å². The zero-order valence-corrected chi connectivity index (χ0v) is 8.30. The van der Waals surface area contributed by atoms with E-state index in [0.717, 1.165) is 0 Å². The van der Waals surface area contributed by atoms with Gasteiger partial charge in [0.15, 0.2) is 0 Å². The molecule has 4 heteroatoms. The van der Waals surface area contributed by atoms with Gasteiger partial charge in [0.05, 0.1) is 0 Å². The molecular weight excluding hydrogens is 214 g/mol. The van der Waals surface area contributed by atoms with E-state index in [1.54, 1.807) is 0 Å². The van der Waals surface area contributed by atoms with Gasteiger partial charge >= 0.3 is 63.0 Å². The Kier molecular flexibility index (Phi) is 4.68. The molecule has 0 unspecified atom stereocenters. The number of halogens is 2. The molecule has 0 N–H and O–H groups in total. The van der Waals surface area contributed by atoms with E-state index >= 15 is 0 Å². The van der Waals surface area contributed by atoms with Crippen LogP contribution in [-0.2, 0) is 23.3 Å². The van der Waals surface area contributed by atoms with Crippen LogP contribution in [0.1, 0.15) is 0 Å². The second kappa shape index (κ2) is 3.65. The van der Waals surface area contributed by atoms with E-state index < -0.39 is 0 Å². The Morgan fingerprint density at radius 2 is 1.83 bits per heavy atom. The van der Waals surface area contributed by atoms with Crippen LogP contribution < -0.4 is 0 Å². The third-order valence-corrected chi connectivity index (χ3v) is 7.77. The molecule has 0 saturated heterocycles. The van der Waals surface area contributed by atoms with Crippen LogP contribution in [0.2, 0.25) is 6.55 Å². The van der Waals surface area contributed by atoms with Crippen molar-refractivity contribution in [3.05, 3.63) is 0 Å². The predicted molar refractivity (Wildman–Crippen MR) is 27.1 cm³/mol. The van der Waals surface area contributed by atoms with Gasteiger partial charge in [-0.1, -0.05) is 0 Å². The zero-order chi connectivity index (χ0) is 5.15. The Morgan fingerprint density at radius 1 is 1.67 bits per heavy atom. The molecule has 0 amide bonds. The van der Waals surface area contributed by atoms with Gasteiger partial charge in [0.1, 0.15) is 0 Å². The molecule has 0 aromatic rings. The van der Waals surface area contributed by atoms with Gasteiger partial charge in [0, 0.05) is 0 Å². The second-order valence-electron chi connectivity index (χ2n) is 0.984. The number of rotatable bonds is 1. The quantitative estimate of drug-likeness (QED) is 0.462. The Morgan fingerprint density at radius 3 is 1.83 bits per heavy atom. The van der Waals surface area contributed by atoms with E-state index in [4.69, 9.17) is 23.2 Å². The van der Waals surface area contributed by atoms with Gasteiger partial charge in [0.2, 0.25) is 0 Å². The average Bonchev–Trinajstić information content (AvgIpc) is 1.36. The molecule has 0 radical (unpaired) electrons. The number of hydrogen-bond acceptors (Lipinski definition) is 0. The first kappa shape index (κ1) is 7.68. The van der Waals surface area contributed by atoms with Gasteiger partial charge in [-0.2, -0.15) is 0 Å². The molecule has 0 nitrogen and oxygen atoms in total. The van der Waals surface area contributed by atoms with Crippen molar-refractivity contribution in [3.8, 4) is 0 Å². The first-order chi connectivity index (χ1) is 2.64. The van der Waals surface area contributed by atoms with Crippen LogP contribution in [0.4, 0.5) is 0 Å². The molecular formula is C2H4Cl2SiZr+2. The van der Waals surface area contributed by atoms with Crippen molar-refractivity contribution in [1.82, 2.24) is 0 Å². The maximum absolute atomic E-state index is 5.45. The monoisotopic (exact) mass is 216 g/mol. The molecule has 0 atom stereocenters. The molecule has 0 aromatic carbocycles. The van der Waals surface area contributed by atoms with Crippen LogP contribution >= 0.6 is 23.2 Å². The molecule has 0 aliphatic heterocycles. The van der Waals surface area contributed by atoms with Crippen LogP contribution in [0, 0.1) is 0 Å². The first-order valence-corrected chi connectivity index (χ1v) is 8.11. The van der Waals surface area contributed by atoms with E-state index in [0.29, 0.717) is 0 Å². The van der Waals surface area contributed by atoms with E-state index in [-0.39, 0.29) is 9.89 Å². The Hall–Kier alpha value is 1.68.